The molecule has 25 heavy (non-hydrogen) atoms. The Morgan fingerprint density at radius 1 is 1.08 bits per heavy atom. The zero-order chi connectivity index (χ0) is 18.4. The second kappa shape index (κ2) is 6.39. The molecule has 0 aromatic carbocycles. The fraction of sp³-hybridized carbons (Fsp3) is 0.684. The van der Waals surface area contributed by atoms with E-state index in [0.717, 1.165) is 5.57 Å². The van der Waals surface area contributed by atoms with Crippen molar-refractivity contribution in [2.24, 2.45) is 29.1 Å². The average Bonchev–Trinajstić information content (AvgIpc) is 3.07. The maximum absolute atomic E-state index is 12.6. The van der Waals surface area contributed by atoms with Crippen LogP contribution in [0.1, 0.15) is 40.0 Å². The molecule has 0 N–H and O–H groups in total. The van der Waals surface area contributed by atoms with Crippen LogP contribution in [-0.2, 0) is 28.7 Å². The molecular formula is C19H24O6. The normalized spacial score (nSPS) is 32.7. The number of carbonyl (C=O) groups excluding carboxylic acids is 4. The zero-order valence-electron chi connectivity index (χ0n) is 14.9. The van der Waals surface area contributed by atoms with Gasteiger partial charge in [0.2, 0.25) is 0 Å². The lowest BCUT2D eigenvalue weighted by molar-refractivity contribution is -0.172. The molecule has 136 valence electrons. The van der Waals surface area contributed by atoms with Gasteiger partial charge in [0.1, 0.15) is 11.6 Å². The summed E-state index contributed by atoms with van der Waals surface area (Å²) in [5, 5.41) is 0. The van der Waals surface area contributed by atoms with Gasteiger partial charge < -0.3 is 9.47 Å². The van der Waals surface area contributed by atoms with Crippen molar-refractivity contribution in [3.63, 3.8) is 0 Å². The third-order valence-corrected chi connectivity index (χ3v) is 5.84. The SMILES string of the molecule is CCOC(=O)C1(C(=O)OCC)CC2=CC(C)C3C(=O)CC(=O)C3C2C1. The van der Waals surface area contributed by atoms with E-state index < -0.39 is 23.3 Å². The molecule has 6 heteroatoms. The van der Waals surface area contributed by atoms with Crippen LogP contribution in [0.3, 0.4) is 0 Å². The van der Waals surface area contributed by atoms with Crippen LogP contribution in [0.15, 0.2) is 11.6 Å². The minimum Gasteiger partial charge on any atom is -0.465 e. The Bertz CT molecular complexity index is 643. The van der Waals surface area contributed by atoms with Gasteiger partial charge in [0.05, 0.1) is 19.6 Å². The van der Waals surface area contributed by atoms with Crippen LogP contribution < -0.4 is 0 Å². The number of allylic oxidation sites excluding steroid dienone is 2. The number of ether oxygens (including phenoxy) is 2. The summed E-state index contributed by atoms with van der Waals surface area (Å²) >= 11 is 0. The van der Waals surface area contributed by atoms with Crippen LogP contribution in [-0.4, -0.2) is 36.7 Å². The number of Topliss-reactive ketones (excluding diaryl/α,β-unsaturated/α-hetero) is 2. The van der Waals surface area contributed by atoms with Crippen molar-refractivity contribution in [2.45, 2.75) is 40.0 Å². The maximum atomic E-state index is 12.6. The molecule has 0 aromatic heterocycles. The molecule has 6 nitrogen and oxygen atoms in total. The number of ketones is 2. The lowest BCUT2D eigenvalue weighted by atomic mass is 9.69. The second-order valence-corrected chi connectivity index (χ2v) is 7.27. The number of hydrogen-bond donors (Lipinski definition) is 0. The Labute approximate surface area is 146 Å². The van der Waals surface area contributed by atoms with Gasteiger partial charge in [-0.3, -0.25) is 19.2 Å². The molecule has 4 atom stereocenters. The summed E-state index contributed by atoms with van der Waals surface area (Å²) in [6, 6.07) is 0. The predicted molar refractivity (Wildman–Crippen MR) is 87.3 cm³/mol. The van der Waals surface area contributed by atoms with Gasteiger partial charge in [-0.2, -0.15) is 0 Å². The highest BCUT2D eigenvalue weighted by molar-refractivity contribution is 6.09. The van der Waals surface area contributed by atoms with Gasteiger partial charge in [-0.25, -0.2) is 0 Å². The smallest absolute Gasteiger partial charge is 0.323 e. The summed E-state index contributed by atoms with van der Waals surface area (Å²) < 4.78 is 10.3. The Morgan fingerprint density at radius 2 is 1.64 bits per heavy atom. The summed E-state index contributed by atoms with van der Waals surface area (Å²) in [6.45, 7) is 5.64. The predicted octanol–water partition coefficient (Wildman–Crippen LogP) is 1.86. The minimum absolute atomic E-state index is 0.0254. The highest BCUT2D eigenvalue weighted by atomic mass is 16.6. The van der Waals surface area contributed by atoms with E-state index in [-0.39, 0.29) is 61.8 Å². The standard InChI is InChI=1S/C19H24O6/c1-4-24-17(22)19(18(23)25-5-2)8-11-6-10(3)15-13(20)7-14(21)16(15)12(11)9-19/h6,10,12,15-16H,4-5,7-9H2,1-3H3. The van der Waals surface area contributed by atoms with Crippen LogP contribution in [0.5, 0.6) is 0 Å². The maximum Gasteiger partial charge on any atom is 0.323 e. The van der Waals surface area contributed by atoms with Crippen molar-refractivity contribution < 1.29 is 28.7 Å². The van der Waals surface area contributed by atoms with E-state index in [1.807, 2.05) is 13.0 Å². The van der Waals surface area contributed by atoms with Crippen molar-refractivity contribution >= 4 is 23.5 Å². The molecule has 0 bridgehead atoms. The van der Waals surface area contributed by atoms with Crippen LogP contribution in [0.2, 0.25) is 0 Å². The Balaban J connectivity index is 2.00. The van der Waals surface area contributed by atoms with E-state index >= 15 is 0 Å². The highest BCUT2D eigenvalue weighted by Crippen LogP contribution is 2.56. The molecule has 4 unspecified atom stereocenters. The van der Waals surface area contributed by atoms with Crippen molar-refractivity contribution in [1.29, 1.82) is 0 Å². The van der Waals surface area contributed by atoms with Crippen molar-refractivity contribution in [2.75, 3.05) is 13.2 Å². The van der Waals surface area contributed by atoms with Gasteiger partial charge in [-0.1, -0.05) is 18.6 Å². The molecule has 3 rings (SSSR count). The topological polar surface area (TPSA) is 86.7 Å². The summed E-state index contributed by atoms with van der Waals surface area (Å²) in [4.78, 5) is 49.9. The molecule has 3 aliphatic carbocycles. The van der Waals surface area contributed by atoms with E-state index in [4.69, 9.17) is 9.47 Å². The summed E-state index contributed by atoms with van der Waals surface area (Å²) in [7, 11) is 0. The Morgan fingerprint density at radius 3 is 2.20 bits per heavy atom. The van der Waals surface area contributed by atoms with Crippen LogP contribution in [0.25, 0.3) is 0 Å². The first-order valence-electron chi connectivity index (χ1n) is 8.96. The summed E-state index contributed by atoms with van der Waals surface area (Å²) in [5.41, 5.74) is -0.485. The molecule has 0 heterocycles. The van der Waals surface area contributed by atoms with E-state index in [1.54, 1.807) is 13.8 Å². The van der Waals surface area contributed by atoms with Gasteiger partial charge >= 0.3 is 11.9 Å². The van der Waals surface area contributed by atoms with Crippen LogP contribution in [0, 0.1) is 29.1 Å². The highest BCUT2D eigenvalue weighted by Gasteiger charge is 2.62. The first kappa shape index (κ1) is 17.8. The fourth-order valence-corrected chi connectivity index (χ4v) is 4.88. The Kier molecular flexibility index (Phi) is 4.56. The quantitative estimate of drug-likeness (QED) is 0.438. The van der Waals surface area contributed by atoms with Gasteiger partial charge in [0.15, 0.2) is 5.41 Å². The van der Waals surface area contributed by atoms with Crippen LogP contribution >= 0.6 is 0 Å². The van der Waals surface area contributed by atoms with Gasteiger partial charge in [0, 0.05) is 11.8 Å². The molecule has 2 fully saturated rings. The molecule has 0 saturated heterocycles. The largest absolute Gasteiger partial charge is 0.465 e. The lowest BCUT2D eigenvalue weighted by Crippen LogP contribution is -2.41. The number of carbonyl (C=O) groups is 4. The number of hydrogen-bond acceptors (Lipinski definition) is 6. The molecule has 0 aliphatic heterocycles. The number of rotatable bonds is 4. The second-order valence-electron chi connectivity index (χ2n) is 7.27. The van der Waals surface area contributed by atoms with Gasteiger partial charge in [-0.15, -0.1) is 0 Å². The summed E-state index contributed by atoms with van der Waals surface area (Å²) in [5.74, 6) is -2.35. The van der Waals surface area contributed by atoms with E-state index in [9.17, 15) is 19.2 Å². The van der Waals surface area contributed by atoms with Gasteiger partial charge in [0.25, 0.3) is 0 Å². The first-order valence-corrected chi connectivity index (χ1v) is 8.96. The van der Waals surface area contributed by atoms with Crippen LogP contribution in [0.4, 0.5) is 0 Å². The Hall–Kier alpha value is -1.98. The summed E-state index contributed by atoms with van der Waals surface area (Å²) in [6.07, 6.45) is 2.33. The molecule has 0 spiro atoms. The van der Waals surface area contributed by atoms with E-state index in [2.05, 4.69) is 0 Å². The molecule has 0 radical (unpaired) electrons. The molecule has 0 amide bonds. The zero-order valence-corrected chi connectivity index (χ0v) is 14.9. The number of esters is 2. The van der Waals surface area contributed by atoms with Crippen molar-refractivity contribution in [1.82, 2.24) is 0 Å². The molecular weight excluding hydrogens is 324 g/mol. The molecule has 3 aliphatic rings. The number of fused-ring (bicyclic) bond motifs is 3. The van der Waals surface area contributed by atoms with Gasteiger partial charge in [-0.05, 0) is 38.5 Å². The first-order chi connectivity index (χ1) is 11.9. The molecule has 0 aromatic rings. The monoisotopic (exact) mass is 348 g/mol. The van der Waals surface area contributed by atoms with Crippen molar-refractivity contribution in [3.05, 3.63) is 11.6 Å². The van der Waals surface area contributed by atoms with E-state index in [1.165, 1.54) is 0 Å². The fourth-order valence-electron chi connectivity index (χ4n) is 4.88. The lowest BCUT2D eigenvalue weighted by Gasteiger charge is -2.32. The van der Waals surface area contributed by atoms with E-state index in [0.29, 0.717) is 0 Å². The minimum atomic E-state index is -1.40. The third-order valence-electron chi connectivity index (χ3n) is 5.84. The van der Waals surface area contributed by atoms with Crippen molar-refractivity contribution in [3.8, 4) is 0 Å². The molecule has 2 saturated carbocycles. The average molecular weight is 348 g/mol. The third kappa shape index (κ3) is 2.62.